The fraction of sp³-hybridized carbons (Fsp3) is 0.400. The topological polar surface area (TPSA) is 58.2 Å². The zero-order valence-electron chi connectivity index (χ0n) is 9.63. The van der Waals surface area contributed by atoms with Crippen molar-refractivity contribution in [3.8, 4) is 0 Å². The highest BCUT2D eigenvalue weighted by atomic mass is 79.9. The average molecular weight is 343 g/mol. The molecule has 0 bridgehead atoms. The number of benzene rings is 1. The molecule has 1 rings (SSSR count). The van der Waals surface area contributed by atoms with E-state index in [4.69, 9.17) is 0 Å². The molecule has 0 heterocycles. The van der Waals surface area contributed by atoms with Gasteiger partial charge in [-0.15, -0.1) is 0 Å². The molecule has 102 valence electrons. The van der Waals surface area contributed by atoms with Crippen molar-refractivity contribution in [2.45, 2.75) is 11.8 Å². The van der Waals surface area contributed by atoms with E-state index in [1.807, 2.05) is 6.92 Å². The van der Waals surface area contributed by atoms with Crippen LogP contribution in [0.2, 0.25) is 0 Å². The molecule has 0 saturated carbocycles. The zero-order valence-corrected chi connectivity index (χ0v) is 12.0. The molecule has 1 aromatic rings. The van der Waals surface area contributed by atoms with E-state index >= 15 is 0 Å². The lowest BCUT2D eigenvalue weighted by Gasteiger charge is -2.08. The van der Waals surface area contributed by atoms with Crippen LogP contribution in [0.25, 0.3) is 0 Å². The molecule has 0 spiro atoms. The Hall–Kier alpha value is -0.570. The molecule has 0 amide bonds. The van der Waals surface area contributed by atoms with Gasteiger partial charge in [0, 0.05) is 19.2 Å². The molecular weight excluding hydrogens is 330 g/mol. The summed E-state index contributed by atoms with van der Waals surface area (Å²) in [7, 11) is -3.97. The van der Waals surface area contributed by atoms with Crippen molar-refractivity contribution in [3.63, 3.8) is 0 Å². The lowest BCUT2D eigenvalue weighted by molar-refractivity contribution is 0.539. The van der Waals surface area contributed by atoms with Crippen LogP contribution >= 0.6 is 15.9 Å². The number of halogens is 3. The van der Waals surface area contributed by atoms with Gasteiger partial charge in [0.05, 0.1) is 4.47 Å². The van der Waals surface area contributed by atoms with E-state index in [-0.39, 0.29) is 11.0 Å². The number of hydrogen-bond acceptors (Lipinski definition) is 3. The van der Waals surface area contributed by atoms with Crippen molar-refractivity contribution in [3.05, 3.63) is 28.2 Å². The first-order chi connectivity index (χ1) is 8.38. The maximum absolute atomic E-state index is 13.4. The molecule has 4 nitrogen and oxygen atoms in total. The molecule has 0 saturated heterocycles. The minimum atomic E-state index is -3.97. The molecule has 0 fully saturated rings. The first kappa shape index (κ1) is 15.5. The highest BCUT2D eigenvalue weighted by Gasteiger charge is 2.20. The first-order valence-corrected chi connectivity index (χ1v) is 7.51. The van der Waals surface area contributed by atoms with Crippen LogP contribution in [0.4, 0.5) is 8.78 Å². The molecule has 8 heteroatoms. The van der Waals surface area contributed by atoms with Crippen LogP contribution in [0.1, 0.15) is 6.92 Å². The first-order valence-electron chi connectivity index (χ1n) is 5.23. The van der Waals surface area contributed by atoms with Crippen LogP contribution < -0.4 is 10.0 Å². The Morgan fingerprint density at radius 3 is 2.50 bits per heavy atom. The summed E-state index contributed by atoms with van der Waals surface area (Å²) in [6.07, 6.45) is 0. The van der Waals surface area contributed by atoms with Gasteiger partial charge in [-0.3, -0.25) is 0 Å². The molecule has 0 aliphatic heterocycles. The van der Waals surface area contributed by atoms with Gasteiger partial charge in [-0.2, -0.15) is 0 Å². The third kappa shape index (κ3) is 3.98. The summed E-state index contributed by atoms with van der Waals surface area (Å²) in [5.74, 6) is -1.97. The average Bonchev–Trinajstić information content (AvgIpc) is 2.29. The Bertz CT molecular complexity index is 523. The number of likely N-dealkylation sites (N-methyl/N-ethyl adjacent to an activating group) is 1. The number of hydrogen-bond donors (Lipinski definition) is 2. The monoisotopic (exact) mass is 342 g/mol. The second kappa shape index (κ2) is 6.55. The summed E-state index contributed by atoms with van der Waals surface area (Å²) >= 11 is 2.82. The van der Waals surface area contributed by atoms with Crippen molar-refractivity contribution in [1.29, 1.82) is 0 Å². The van der Waals surface area contributed by atoms with E-state index < -0.39 is 26.6 Å². The summed E-state index contributed by atoms with van der Waals surface area (Å²) < 4.78 is 52.0. The Morgan fingerprint density at radius 2 is 1.89 bits per heavy atom. The highest BCUT2D eigenvalue weighted by molar-refractivity contribution is 9.10. The number of rotatable bonds is 6. The third-order valence-corrected chi connectivity index (χ3v) is 4.19. The lowest BCUT2D eigenvalue weighted by atomic mass is 10.3. The van der Waals surface area contributed by atoms with Gasteiger partial charge in [0.25, 0.3) is 0 Å². The van der Waals surface area contributed by atoms with Gasteiger partial charge in [0.2, 0.25) is 10.0 Å². The number of nitrogens with one attached hydrogen (secondary N) is 2. The summed E-state index contributed by atoms with van der Waals surface area (Å²) in [5, 5.41) is 2.92. The van der Waals surface area contributed by atoms with Gasteiger partial charge in [0.1, 0.15) is 16.5 Å². The van der Waals surface area contributed by atoms with Crippen LogP contribution in [0, 0.1) is 11.6 Å². The van der Waals surface area contributed by atoms with Crippen LogP contribution in [0.3, 0.4) is 0 Å². The molecule has 0 aliphatic carbocycles. The van der Waals surface area contributed by atoms with E-state index in [0.717, 1.165) is 6.07 Å². The summed E-state index contributed by atoms with van der Waals surface area (Å²) in [4.78, 5) is -0.577. The molecule has 18 heavy (non-hydrogen) atoms. The van der Waals surface area contributed by atoms with Gasteiger partial charge < -0.3 is 5.32 Å². The van der Waals surface area contributed by atoms with Crippen molar-refractivity contribution in [1.82, 2.24) is 10.0 Å². The van der Waals surface area contributed by atoms with Crippen molar-refractivity contribution in [2.24, 2.45) is 0 Å². The molecule has 2 N–H and O–H groups in total. The quantitative estimate of drug-likeness (QED) is 0.610. The zero-order chi connectivity index (χ0) is 13.8. The van der Waals surface area contributed by atoms with Crippen molar-refractivity contribution in [2.75, 3.05) is 19.6 Å². The predicted octanol–water partition coefficient (Wildman–Crippen LogP) is 1.62. The van der Waals surface area contributed by atoms with Gasteiger partial charge in [-0.25, -0.2) is 21.9 Å². The summed E-state index contributed by atoms with van der Waals surface area (Å²) in [6.45, 7) is 3.15. The van der Waals surface area contributed by atoms with Crippen molar-refractivity contribution >= 4 is 26.0 Å². The Balaban J connectivity index is 2.88. The maximum Gasteiger partial charge on any atom is 0.243 e. The van der Waals surface area contributed by atoms with Crippen LogP contribution in [0.5, 0.6) is 0 Å². The second-order valence-corrected chi connectivity index (χ2v) is 6.04. The predicted molar refractivity (Wildman–Crippen MR) is 67.8 cm³/mol. The van der Waals surface area contributed by atoms with Gasteiger partial charge >= 0.3 is 0 Å². The number of sulfonamides is 1. The molecule has 0 aliphatic rings. The minimum Gasteiger partial charge on any atom is -0.316 e. The summed E-state index contributed by atoms with van der Waals surface area (Å²) in [6, 6.07) is 1.43. The molecular formula is C10H13BrF2N2O2S. The maximum atomic E-state index is 13.4. The Labute approximate surface area is 113 Å². The van der Waals surface area contributed by atoms with Crippen LogP contribution in [0.15, 0.2) is 21.5 Å². The lowest BCUT2D eigenvalue weighted by Crippen LogP contribution is -2.32. The SMILES string of the molecule is CCNCCNS(=O)(=O)c1cc(Br)c(F)cc1F. The fourth-order valence-electron chi connectivity index (χ4n) is 1.24. The van der Waals surface area contributed by atoms with E-state index in [0.29, 0.717) is 19.2 Å². The highest BCUT2D eigenvalue weighted by Crippen LogP contribution is 2.23. The van der Waals surface area contributed by atoms with Crippen LogP contribution in [-0.2, 0) is 10.0 Å². The normalized spacial score (nSPS) is 11.8. The van der Waals surface area contributed by atoms with Gasteiger partial charge in [0.15, 0.2) is 0 Å². The Morgan fingerprint density at radius 1 is 1.22 bits per heavy atom. The standard InChI is InChI=1S/C10H13BrF2N2O2S/c1-2-14-3-4-15-18(16,17)10-5-7(11)8(12)6-9(10)13/h5-6,14-15H,2-4H2,1H3. The molecule has 0 aromatic heterocycles. The molecule has 0 atom stereocenters. The largest absolute Gasteiger partial charge is 0.316 e. The molecule has 0 unspecified atom stereocenters. The van der Waals surface area contributed by atoms with E-state index in [1.165, 1.54) is 0 Å². The Kier molecular flexibility index (Phi) is 5.64. The van der Waals surface area contributed by atoms with Gasteiger partial charge in [-0.05, 0) is 28.5 Å². The minimum absolute atomic E-state index is 0.101. The van der Waals surface area contributed by atoms with Gasteiger partial charge in [-0.1, -0.05) is 6.92 Å². The smallest absolute Gasteiger partial charge is 0.243 e. The van der Waals surface area contributed by atoms with Crippen LogP contribution in [-0.4, -0.2) is 28.1 Å². The third-order valence-electron chi connectivity index (χ3n) is 2.11. The summed E-state index contributed by atoms with van der Waals surface area (Å²) in [5.41, 5.74) is 0. The molecule has 0 radical (unpaired) electrons. The fourth-order valence-corrected chi connectivity index (χ4v) is 2.85. The molecule has 1 aromatic carbocycles. The van der Waals surface area contributed by atoms with E-state index in [1.54, 1.807) is 0 Å². The van der Waals surface area contributed by atoms with E-state index in [2.05, 4.69) is 26.0 Å². The van der Waals surface area contributed by atoms with Crippen molar-refractivity contribution < 1.29 is 17.2 Å². The second-order valence-electron chi connectivity index (χ2n) is 3.45. The van der Waals surface area contributed by atoms with E-state index in [9.17, 15) is 17.2 Å².